The van der Waals surface area contributed by atoms with Crippen LogP contribution in [0.1, 0.15) is 18.9 Å². The molecule has 0 saturated carbocycles. The standard InChI is InChI=1S/C13H18ClNO3/c1-4-13(16)15-12(14)8-9-5-6-10(17-2)11(7-9)18-3/h5-7,12H,4,8H2,1-3H3,(H,15,16). The van der Waals surface area contributed by atoms with Gasteiger partial charge >= 0.3 is 0 Å². The SMILES string of the molecule is CCC(=O)NC(Cl)Cc1ccc(OC)c(OC)c1. The summed E-state index contributed by atoms with van der Waals surface area (Å²) in [6.45, 7) is 1.79. The molecule has 0 saturated heterocycles. The number of hydrogen-bond donors (Lipinski definition) is 1. The second-order valence-corrected chi connectivity index (χ2v) is 4.31. The first-order valence-corrected chi connectivity index (χ1v) is 6.18. The van der Waals surface area contributed by atoms with E-state index in [0.29, 0.717) is 24.3 Å². The number of nitrogens with one attached hydrogen (secondary N) is 1. The Labute approximate surface area is 112 Å². The zero-order valence-corrected chi connectivity index (χ0v) is 11.6. The summed E-state index contributed by atoms with van der Waals surface area (Å²) in [5.74, 6) is 1.26. The molecule has 0 radical (unpaired) electrons. The molecular weight excluding hydrogens is 254 g/mol. The predicted octanol–water partition coefficient (Wildman–Crippen LogP) is 2.34. The highest BCUT2D eigenvalue weighted by molar-refractivity contribution is 6.21. The van der Waals surface area contributed by atoms with Crippen LogP contribution in [0.15, 0.2) is 18.2 Å². The molecule has 100 valence electrons. The van der Waals surface area contributed by atoms with Gasteiger partial charge in [0.05, 0.1) is 14.2 Å². The van der Waals surface area contributed by atoms with Crippen molar-refractivity contribution in [2.45, 2.75) is 25.3 Å². The van der Waals surface area contributed by atoms with Crippen LogP contribution in [-0.2, 0) is 11.2 Å². The van der Waals surface area contributed by atoms with E-state index in [9.17, 15) is 4.79 Å². The zero-order valence-electron chi connectivity index (χ0n) is 10.8. The molecule has 0 aromatic heterocycles. The summed E-state index contributed by atoms with van der Waals surface area (Å²) >= 11 is 6.05. The van der Waals surface area contributed by atoms with Gasteiger partial charge in [-0.05, 0) is 17.7 Å². The summed E-state index contributed by atoms with van der Waals surface area (Å²) in [7, 11) is 3.17. The van der Waals surface area contributed by atoms with Gasteiger partial charge in [-0.1, -0.05) is 24.6 Å². The summed E-state index contributed by atoms with van der Waals surface area (Å²) in [5.41, 5.74) is 0.555. The van der Waals surface area contributed by atoms with Gasteiger partial charge in [0.1, 0.15) is 5.50 Å². The van der Waals surface area contributed by atoms with Crippen molar-refractivity contribution in [2.75, 3.05) is 14.2 Å². The molecule has 5 heteroatoms. The molecule has 0 bridgehead atoms. The Bertz CT molecular complexity index is 409. The van der Waals surface area contributed by atoms with Crippen LogP contribution in [0, 0.1) is 0 Å². The maximum absolute atomic E-state index is 11.2. The summed E-state index contributed by atoms with van der Waals surface area (Å²) < 4.78 is 10.4. The van der Waals surface area contributed by atoms with Crippen LogP contribution in [0.2, 0.25) is 0 Å². The Morgan fingerprint density at radius 2 is 2.00 bits per heavy atom. The molecule has 0 fully saturated rings. The second kappa shape index (κ2) is 7.11. The Morgan fingerprint density at radius 3 is 2.56 bits per heavy atom. The van der Waals surface area contributed by atoms with Crippen molar-refractivity contribution in [1.29, 1.82) is 0 Å². The highest BCUT2D eigenvalue weighted by atomic mass is 35.5. The lowest BCUT2D eigenvalue weighted by Crippen LogP contribution is -2.31. The Hall–Kier alpha value is -1.42. The summed E-state index contributed by atoms with van der Waals surface area (Å²) in [4.78, 5) is 11.2. The minimum Gasteiger partial charge on any atom is -0.493 e. The van der Waals surface area contributed by atoms with E-state index in [4.69, 9.17) is 21.1 Å². The first-order chi connectivity index (χ1) is 8.60. The number of amides is 1. The molecule has 0 spiro atoms. The molecule has 0 aliphatic carbocycles. The largest absolute Gasteiger partial charge is 0.493 e. The number of benzene rings is 1. The minimum atomic E-state index is -0.421. The van der Waals surface area contributed by atoms with Gasteiger partial charge in [-0.25, -0.2) is 0 Å². The third kappa shape index (κ3) is 4.11. The van der Waals surface area contributed by atoms with Crippen molar-refractivity contribution in [3.05, 3.63) is 23.8 Å². The highest BCUT2D eigenvalue weighted by Gasteiger charge is 2.11. The fraction of sp³-hybridized carbons (Fsp3) is 0.462. The van der Waals surface area contributed by atoms with E-state index in [2.05, 4.69) is 5.32 Å². The van der Waals surface area contributed by atoms with Crippen LogP contribution >= 0.6 is 11.6 Å². The third-order valence-electron chi connectivity index (χ3n) is 2.50. The van der Waals surface area contributed by atoms with Crippen molar-refractivity contribution < 1.29 is 14.3 Å². The molecule has 0 aliphatic heterocycles. The number of ether oxygens (including phenoxy) is 2. The van der Waals surface area contributed by atoms with Gasteiger partial charge in [-0.15, -0.1) is 0 Å². The van der Waals surface area contributed by atoms with Crippen LogP contribution in [0.25, 0.3) is 0 Å². The number of methoxy groups -OCH3 is 2. The van der Waals surface area contributed by atoms with Crippen molar-refractivity contribution in [3.63, 3.8) is 0 Å². The lowest BCUT2D eigenvalue weighted by atomic mass is 10.1. The highest BCUT2D eigenvalue weighted by Crippen LogP contribution is 2.28. The van der Waals surface area contributed by atoms with E-state index in [1.54, 1.807) is 21.1 Å². The average molecular weight is 272 g/mol. The lowest BCUT2D eigenvalue weighted by Gasteiger charge is -2.13. The number of carbonyl (C=O) groups is 1. The van der Waals surface area contributed by atoms with E-state index < -0.39 is 5.50 Å². The van der Waals surface area contributed by atoms with Gasteiger partial charge in [0, 0.05) is 12.8 Å². The number of carbonyl (C=O) groups excluding carboxylic acids is 1. The summed E-state index contributed by atoms with van der Waals surface area (Å²) in [6.07, 6.45) is 0.961. The third-order valence-corrected chi connectivity index (χ3v) is 2.76. The molecular formula is C13H18ClNO3. The summed E-state index contributed by atoms with van der Waals surface area (Å²) in [5, 5.41) is 2.70. The van der Waals surface area contributed by atoms with Gasteiger partial charge in [0.2, 0.25) is 5.91 Å². The van der Waals surface area contributed by atoms with E-state index in [-0.39, 0.29) is 5.91 Å². The van der Waals surface area contributed by atoms with Gasteiger partial charge in [-0.3, -0.25) is 4.79 Å². The molecule has 0 heterocycles. The minimum absolute atomic E-state index is 0.0597. The smallest absolute Gasteiger partial charge is 0.220 e. The molecule has 1 amide bonds. The topological polar surface area (TPSA) is 47.6 Å². The molecule has 18 heavy (non-hydrogen) atoms. The number of alkyl halides is 1. The fourth-order valence-electron chi connectivity index (χ4n) is 1.54. The van der Waals surface area contributed by atoms with Crippen LogP contribution in [0.3, 0.4) is 0 Å². The van der Waals surface area contributed by atoms with Crippen LogP contribution < -0.4 is 14.8 Å². The van der Waals surface area contributed by atoms with Crippen molar-refractivity contribution in [1.82, 2.24) is 5.32 Å². The number of halogens is 1. The Balaban J connectivity index is 2.70. The van der Waals surface area contributed by atoms with Crippen LogP contribution in [0.4, 0.5) is 0 Å². The molecule has 1 unspecified atom stereocenters. The lowest BCUT2D eigenvalue weighted by molar-refractivity contribution is -0.120. The first-order valence-electron chi connectivity index (χ1n) is 5.75. The molecule has 4 nitrogen and oxygen atoms in total. The van der Waals surface area contributed by atoms with Crippen molar-refractivity contribution >= 4 is 17.5 Å². The molecule has 0 aliphatic rings. The van der Waals surface area contributed by atoms with Crippen molar-refractivity contribution in [2.24, 2.45) is 0 Å². The van der Waals surface area contributed by atoms with Gasteiger partial charge < -0.3 is 14.8 Å². The summed E-state index contributed by atoms with van der Waals surface area (Å²) in [6, 6.07) is 5.57. The van der Waals surface area contributed by atoms with E-state index in [1.807, 2.05) is 18.2 Å². The molecule has 1 aromatic carbocycles. The quantitative estimate of drug-likeness (QED) is 0.638. The van der Waals surface area contributed by atoms with E-state index in [1.165, 1.54) is 0 Å². The molecule has 1 N–H and O–H groups in total. The normalized spacial score (nSPS) is 11.8. The van der Waals surface area contributed by atoms with Crippen molar-refractivity contribution in [3.8, 4) is 11.5 Å². The maximum Gasteiger partial charge on any atom is 0.220 e. The first kappa shape index (κ1) is 14.6. The van der Waals surface area contributed by atoms with Crippen LogP contribution in [0.5, 0.6) is 11.5 Å². The molecule has 1 aromatic rings. The Kier molecular flexibility index (Phi) is 5.78. The number of rotatable bonds is 6. The average Bonchev–Trinajstić information content (AvgIpc) is 2.38. The molecule has 1 atom stereocenters. The van der Waals surface area contributed by atoms with E-state index >= 15 is 0 Å². The maximum atomic E-state index is 11.2. The van der Waals surface area contributed by atoms with Gasteiger partial charge in [0.15, 0.2) is 11.5 Å². The fourth-order valence-corrected chi connectivity index (χ4v) is 1.84. The van der Waals surface area contributed by atoms with E-state index in [0.717, 1.165) is 5.56 Å². The monoisotopic (exact) mass is 271 g/mol. The Morgan fingerprint density at radius 1 is 1.33 bits per heavy atom. The zero-order chi connectivity index (χ0) is 13.5. The predicted molar refractivity (Wildman–Crippen MR) is 71.3 cm³/mol. The van der Waals surface area contributed by atoms with Gasteiger partial charge in [0.25, 0.3) is 0 Å². The van der Waals surface area contributed by atoms with Crippen LogP contribution in [-0.4, -0.2) is 25.6 Å². The second-order valence-electron chi connectivity index (χ2n) is 3.78. The van der Waals surface area contributed by atoms with Gasteiger partial charge in [-0.2, -0.15) is 0 Å². The number of hydrogen-bond acceptors (Lipinski definition) is 3. The molecule has 1 rings (SSSR count).